The Morgan fingerprint density at radius 1 is 0.923 bits per heavy atom. The fourth-order valence-electron chi connectivity index (χ4n) is 0.977. The molecular weight excluding hydrogens is 406 g/mol. The molecule has 0 aliphatic heterocycles. The summed E-state index contributed by atoms with van der Waals surface area (Å²) in [7, 11) is 0. The summed E-state index contributed by atoms with van der Waals surface area (Å²) in [5, 5.41) is 0. The number of halogens is 2. The van der Waals surface area contributed by atoms with Crippen LogP contribution in [0, 0.1) is 0 Å². The first-order valence-electron chi connectivity index (χ1n) is 4.20. The lowest BCUT2D eigenvalue weighted by molar-refractivity contribution is 0.847. The van der Waals surface area contributed by atoms with Crippen molar-refractivity contribution >= 4 is 56.5 Å². The van der Waals surface area contributed by atoms with Crippen LogP contribution in [0.2, 0.25) is 0 Å². The van der Waals surface area contributed by atoms with Gasteiger partial charge in [-0.15, -0.1) is 11.3 Å². The van der Waals surface area contributed by atoms with Crippen molar-refractivity contribution in [1.29, 1.82) is 0 Å². The highest BCUT2D eigenvalue weighted by molar-refractivity contribution is 14.1. The number of alkyl halides is 2. The van der Waals surface area contributed by atoms with E-state index in [2.05, 4.69) is 85.0 Å². The van der Waals surface area contributed by atoms with Crippen LogP contribution in [0.1, 0.15) is 37.4 Å². The molecule has 0 saturated heterocycles. The lowest BCUT2D eigenvalue weighted by atomic mass is 10.1. The third-order valence-electron chi connectivity index (χ3n) is 1.78. The molecule has 1 rings (SSSR count). The van der Waals surface area contributed by atoms with Crippen molar-refractivity contribution in [2.75, 3.05) is 0 Å². The van der Waals surface area contributed by atoms with Gasteiger partial charge in [0.2, 0.25) is 0 Å². The molecular formula is C10H14I2S. The number of hydrogen-bond donors (Lipinski definition) is 0. The van der Waals surface area contributed by atoms with Crippen LogP contribution in [0.25, 0.3) is 0 Å². The van der Waals surface area contributed by atoms with Crippen molar-refractivity contribution < 1.29 is 0 Å². The molecule has 0 N–H and O–H groups in total. The Labute approximate surface area is 112 Å². The molecule has 0 fully saturated rings. The molecule has 0 amide bonds. The maximum atomic E-state index is 2.49. The van der Waals surface area contributed by atoms with Crippen LogP contribution in [0.3, 0.4) is 0 Å². The van der Waals surface area contributed by atoms with Crippen LogP contribution in [0.4, 0.5) is 0 Å². The van der Waals surface area contributed by atoms with Crippen LogP contribution in [0.5, 0.6) is 0 Å². The fourth-order valence-corrected chi connectivity index (χ4v) is 2.99. The van der Waals surface area contributed by atoms with E-state index in [-0.39, 0.29) is 6.84 Å². The molecule has 1 heterocycles. The first-order chi connectivity index (χ1) is 5.71. The molecule has 0 radical (unpaired) electrons. The van der Waals surface area contributed by atoms with E-state index in [9.17, 15) is 0 Å². The number of hydrogen-bond acceptors (Lipinski definition) is 1. The van der Waals surface area contributed by atoms with E-state index >= 15 is 0 Å². The van der Waals surface area contributed by atoms with Crippen molar-refractivity contribution in [3.8, 4) is 0 Å². The SMILES string of the molecule is CC(C)(I)c1ccc(C(C)(C)I)s1. The summed E-state index contributed by atoms with van der Waals surface area (Å²) < 4.78 is 0.533. The molecule has 0 saturated carbocycles. The van der Waals surface area contributed by atoms with Gasteiger partial charge in [-0.05, 0) is 39.8 Å². The average Bonchev–Trinajstić information content (AvgIpc) is 2.28. The summed E-state index contributed by atoms with van der Waals surface area (Å²) in [5.41, 5.74) is 0. The molecule has 0 aliphatic rings. The maximum absolute atomic E-state index is 2.49. The van der Waals surface area contributed by atoms with Gasteiger partial charge < -0.3 is 0 Å². The standard InChI is InChI=1S/C10H14I2S/c1-9(2,11)7-5-6-8(13-7)10(3,4)12/h5-6H,1-4H3. The van der Waals surface area contributed by atoms with Crippen LogP contribution < -0.4 is 0 Å². The minimum Gasteiger partial charge on any atom is -0.143 e. The largest absolute Gasteiger partial charge is 0.143 e. The summed E-state index contributed by atoms with van der Waals surface area (Å²) in [6, 6.07) is 4.51. The second kappa shape index (κ2) is 3.96. The second-order valence-electron chi connectivity index (χ2n) is 4.11. The summed E-state index contributed by atoms with van der Waals surface area (Å²) >= 11 is 6.92. The third-order valence-corrected chi connectivity index (χ3v) is 5.40. The van der Waals surface area contributed by atoms with Gasteiger partial charge in [-0.2, -0.15) is 0 Å². The summed E-state index contributed by atoms with van der Waals surface area (Å²) in [4.78, 5) is 2.93. The normalized spacial score (nSPS) is 13.4. The molecule has 0 bridgehead atoms. The molecule has 0 aliphatic carbocycles. The molecule has 1 aromatic rings. The van der Waals surface area contributed by atoms with Crippen molar-refractivity contribution in [3.63, 3.8) is 0 Å². The van der Waals surface area contributed by atoms with Gasteiger partial charge in [-0.25, -0.2) is 0 Å². The first-order valence-corrected chi connectivity index (χ1v) is 7.17. The highest BCUT2D eigenvalue weighted by Crippen LogP contribution is 2.41. The minimum absolute atomic E-state index is 0.266. The topological polar surface area (TPSA) is 0 Å². The smallest absolute Gasteiger partial charge is 0.0507 e. The van der Waals surface area contributed by atoms with E-state index in [1.807, 2.05) is 11.3 Å². The molecule has 1 aromatic heterocycles. The van der Waals surface area contributed by atoms with Crippen LogP contribution in [0.15, 0.2) is 12.1 Å². The molecule has 0 atom stereocenters. The Hall–Kier alpha value is 1.16. The zero-order chi connectivity index (χ0) is 10.3. The van der Waals surface area contributed by atoms with E-state index in [1.165, 1.54) is 9.75 Å². The number of thiophene rings is 1. The zero-order valence-electron chi connectivity index (χ0n) is 8.32. The molecule has 0 unspecified atom stereocenters. The summed E-state index contributed by atoms with van der Waals surface area (Å²) in [6.07, 6.45) is 0. The molecule has 0 aromatic carbocycles. The van der Waals surface area contributed by atoms with Crippen LogP contribution >= 0.6 is 56.5 Å². The van der Waals surface area contributed by atoms with Crippen LogP contribution in [-0.2, 0) is 6.84 Å². The Morgan fingerprint density at radius 3 is 1.38 bits per heavy atom. The summed E-state index contributed by atoms with van der Waals surface area (Å²) in [6.45, 7) is 9.01. The predicted octanol–water partition coefficient (Wildman–Crippen LogP) is 5.09. The van der Waals surface area contributed by atoms with E-state index in [1.54, 1.807) is 0 Å². The van der Waals surface area contributed by atoms with E-state index in [0.717, 1.165) is 0 Å². The zero-order valence-corrected chi connectivity index (χ0v) is 13.5. The molecule has 74 valence electrons. The van der Waals surface area contributed by atoms with Crippen molar-refractivity contribution in [3.05, 3.63) is 21.9 Å². The van der Waals surface area contributed by atoms with Crippen molar-refractivity contribution in [2.45, 2.75) is 34.5 Å². The minimum atomic E-state index is 0.266. The third kappa shape index (κ3) is 3.34. The van der Waals surface area contributed by atoms with E-state index in [0.29, 0.717) is 0 Å². The predicted molar refractivity (Wildman–Crippen MR) is 78.4 cm³/mol. The monoisotopic (exact) mass is 420 g/mol. The Balaban J connectivity index is 3.01. The highest BCUT2D eigenvalue weighted by atomic mass is 127. The Kier molecular flexibility index (Phi) is 3.73. The summed E-state index contributed by atoms with van der Waals surface area (Å²) in [5.74, 6) is 0. The maximum Gasteiger partial charge on any atom is 0.0507 e. The van der Waals surface area contributed by atoms with Gasteiger partial charge in [0.05, 0.1) is 6.84 Å². The lowest BCUT2D eigenvalue weighted by Crippen LogP contribution is -2.04. The lowest BCUT2D eigenvalue weighted by Gasteiger charge is -2.15. The molecule has 13 heavy (non-hydrogen) atoms. The second-order valence-corrected chi connectivity index (χ2v) is 10.6. The fraction of sp³-hybridized carbons (Fsp3) is 0.600. The van der Waals surface area contributed by atoms with Crippen molar-refractivity contribution in [2.24, 2.45) is 0 Å². The molecule has 3 heteroatoms. The first kappa shape index (κ1) is 12.2. The highest BCUT2D eigenvalue weighted by Gasteiger charge is 2.23. The van der Waals surface area contributed by atoms with Gasteiger partial charge in [0.1, 0.15) is 0 Å². The Bertz CT molecular complexity index is 260. The molecule has 0 spiro atoms. The average molecular weight is 420 g/mol. The number of rotatable bonds is 2. The van der Waals surface area contributed by atoms with E-state index in [4.69, 9.17) is 0 Å². The van der Waals surface area contributed by atoms with Gasteiger partial charge in [0.25, 0.3) is 0 Å². The van der Waals surface area contributed by atoms with E-state index < -0.39 is 0 Å². The van der Waals surface area contributed by atoms with Gasteiger partial charge >= 0.3 is 0 Å². The Morgan fingerprint density at radius 2 is 1.23 bits per heavy atom. The van der Waals surface area contributed by atoms with Crippen molar-refractivity contribution in [1.82, 2.24) is 0 Å². The quantitative estimate of drug-likeness (QED) is 0.462. The van der Waals surface area contributed by atoms with Gasteiger partial charge in [-0.1, -0.05) is 45.2 Å². The van der Waals surface area contributed by atoms with Gasteiger partial charge in [0.15, 0.2) is 0 Å². The van der Waals surface area contributed by atoms with Crippen LogP contribution in [-0.4, -0.2) is 0 Å². The van der Waals surface area contributed by atoms with Gasteiger partial charge in [-0.3, -0.25) is 0 Å². The van der Waals surface area contributed by atoms with Gasteiger partial charge in [0, 0.05) is 9.75 Å². The molecule has 0 nitrogen and oxygen atoms in total.